The first-order valence-corrected chi connectivity index (χ1v) is 7.28. The number of rotatable bonds is 4. The Balaban J connectivity index is 1.74. The SMILES string of the molecule is CSC1(CNc2nc3cc(F)ccc3o2)CCC1. The van der Waals surface area contributed by atoms with Gasteiger partial charge in [0, 0.05) is 17.4 Å². The van der Waals surface area contributed by atoms with Crippen molar-refractivity contribution < 1.29 is 8.81 Å². The van der Waals surface area contributed by atoms with Crippen molar-refractivity contribution >= 4 is 28.9 Å². The van der Waals surface area contributed by atoms with Crippen LogP contribution in [0.5, 0.6) is 0 Å². The number of halogens is 1. The number of hydrogen-bond donors (Lipinski definition) is 1. The molecule has 1 aromatic carbocycles. The molecule has 0 aliphatic heterocycles. The lowest BCUT2D eigenvalue weighted by molar-refractivity contribution is 0.377. The van der Waals surface area contributed by atoms with Crippen LogP contribution < -0.4 is 5.32 Å². The number of anilines is 1. The number of hydrogen-bond acceptors (Lipinski definition) is 4. The summed E-state index contributed by atoms with van der Waals surface area (Å²) in [6, 6.07) is 4.86. The average Bonchev–Trinajstić information content (AvgIpc) is 2.70. The molecule has 1 aromatic heterocycles. The summed E-state index contributed by atoms with van der Waals surface area (Å²) in [6.07, 6.45) is 5.90. The van der Waals surface area contributed by atoms with Crippen molar-refractivity contribution in [1.29, 1.82) is 0 Å². The van der Waals surface area contributed by atoms with Crippen molar-refractivity contribution in [2.75, 3.05) is 18.1 Å². The number of aromatic nitrogens is 1. The molecule has 0 atom stereocenters. The second-order valence-electron chi connectivity index (χ2n) is 4.73. The lowest BCUT2D eigenvalue weighted by atomic mass is 9.84. The van der Waals surface area contributed by atoms with E-state index in [1.54, 1.807) is 6.07 Å². The minimum Gasteiger partial charge on any atom is -0.424 e. The maximum absolute atomic E-state index is 13.0. The number of nitrogens with zero attached hydrogens (tertiary/aromatic N) is 1. The van der Waals surface area contributed by atoms with E-state index in [4.69, 9.17) is 4.42 Å². The van der Waals surface area contributed by atoms with E-state index in [9.17, 15) is 4.39 Å². The summed E-state index contributed by atoms with van der Waals surface area (Å²) in [5.74, 6) is -0.290. The van der Waals surface area contributed by atoms with Crippen LogP contribution in [0.3, 0.4) is 0 Å². The van der Waals surface area contributed by atoms with Gasteiger partial charge in [-0.1, -0.05) is 6.42 Å². The minimum atomic E-state index is -0.290. The largest absolute Gasteiger partial charge is 0.424 e. The molecule has 1 aliphatic carbocycles. The maximum Gasteiger partial charge on any atom is 0.295 e. The summed E-state index contributed by atoms with van der Waals surface area (Å²) in [5, 5.41) is 3.23. The number of fused-ring (bicyclic) bond motifs is 1. The van der Waals surface area contributed by atoms with Crippen LogP contribution in [-0.4, -0.2) is 22.5 Å². The Hall–Kier alpha value is -1.23. The Labute approximate surface area is 109 Å². The third-order valence-corrected chi connectivity index (χ3v) is 5.03. The predicted molar refractivity (Wildman–Crippen MR) is 72.6 cm³/mol. The third-order valence-electron chi connectivity index (χ3n) is 3.61. The molecule has 1 N–H and O–H groups in total. The zero-order valence-corrected chi connectivity index (χ0v) is 11.0. The van der Waals surface area contributed by atoms with E-state index in [1.165, 1.54) is 31.4 Å². The molecule has 1 heterocycles. The van der Waals surface area contributed by atoms with Crippen molar-refractivity contribution in [2.45, 2.75) is 24.0 Å². The first-order chi connectivity index (χ1) is 8.71. The summed E-state index contributed by atoms with van der Waals surface area (Å²) in [6.45, 7) is 0.851. The van der Waals surface area contributed by atoms with Crippen LogP contribution in [0, 0.1) is 5.82 Å². The van der Waals surface area contributed by atoms with Gasteiger partial charge >= 0.3 is 0 Å². The van der Waals surface area contributed by atoms with Crippen molar-refractivity contribution in [3.05, 3.63) is 24.0 Å². The zero-order chi connectivity index (χ0) is 12.6. The Kier molecular flexibility index (Phi) is 2.93. The fraction of sp³-hybridized carbons (Fsp3) is 0.462. The molecule has 0 amide bonds. The highest BCUT2D eigenvalue weighted by Gasteiger charge is 2.36. The molecule has 1 fully saturated rings. The molecule has 0 radical (unpaired) electrons. The van der Waals surface area contributed by atoms with Gasteiger partial charge in [0.15, 0.2) is 5.58 Å². The van der Waals surface area contributed by atoms with Gasteiger partial charge in [0.2, 0.25) is 0 Å². The fourth-order valence-electron chi connectivity index (χ4n) is 2.24. The molecule has 0 unspecified atom stereocenters. The average molecular weight is 266 g/mol. The van der Waals surface area contributed by atoms with Crippen LogP contribution in [0.4, 0.5) is 10.4 Å². The molecule has 5 heteroatoms. The van der Waals surface area contributed by atoms with Crippen LogP contribution in [0.1, 0.15) is 19.3 Å². The van der Waals surface area contributed by atoms with Crippen LogP contribution in [0.15, 0.2) is 22.6 Å². The molecule has 0 saturated heterocycles. The highest BCUT2D eigenvalue weighted by Crippen LogP contribution is 2.42. The van der Waals surface area contributed by atoms with Gasteiger partial charge in [-0.05, 0) is 31.2 Å². The molecule has 18 heavy (non-hydrogen) atoms. The van der Waals surface area contributed by atoms with Crippen LogP contribution in [0.25, 0.3) is 11.1 Å². The van der Waals surface area contributed by atoms with E-state index in [-0.39, 0.29) is 5.82 Å². The summed E-state index contributed by atoms with van der Waals surface area (Å²) in [4.78, 5) is 4.24. The van der Waals surface area contributed by atoms with Gasteiger partial charge in [-0.2, -0.15) is 16.7 Å². The fourth-order valence-corrected chi connectivity index (χ4v) is 3.15. The zero-order valence-electron chi connectivity index (χ0n) is 10.2. The summed E-state index contributed by atoms with van der Waals surface area (Å²) < 4.78 is 18.9. The van der Waals surface area contributed by atoms with Crippen molar-refractivity contribution in [2.24, 2.45) is 0 Å². The van der Waals surface area contributed by atoms with Gasteiger partial charge in [0.05, 0.1) is 0 Å². The standard InChI is InChI=1S/C13H15FN2OS/c1-18-13(5-2-6-13)8-15-12-16-10-7-9(14)3-4-11(10)17-12/h3-4,7H,2,5-6,8H2,1H3,(H,15,16). The molecule has 2 aromatic rings. The van der Waals surface area contributed by atoms with Crippen molar-refractivity contribution in [3.63, 3.8) is 0 Å². The molecule has 1 aliphatic rings. The summed E-state index contributed by atoms with van der Waals surface area (Å²) >= 11 is 1.90. The lowest BCUT2D eigenvalue weighted by Crippen LogP contribution is -2.40. The maximum atomic E-state index is 13.0. The molecular weight excluding hydrogens is 251 g/mol. The summed E-state index contributed by atoms with van der Waals surface area (Å²) in [5.41, 5.74) is 1.18. The second kappa shape index (κ2) is 4.46. The molecule has 3 nitrogen and oxygen atoms in total. The highest BCUT2D eigenvalue weighted by molar-refractivity contribution is 8.00. The number of oxazole rings is 1. The Morgan fingerprint density at radius 2 is 2.33 bits per heavy atom. The number of benzene rings is 1. The molecule has 96 valence electrons. The van der Waals surface area contributed by atoms with Crippen molar-refractivity contribution in [1.82, 2.24) is 4.98 Å². The van der Waals surface area contributed by atoms with Gasteiger partial charge in [0.25, 0.3) is 6.01 Å². The molecule has 0 bridgehead atoms. The van der Waals surface area contributed by atoms with E-state index in [1.807, 2.05) is 11.8 Å². The van der Waals surface area contributed by atoms with Crippen LogP contribution in [-0.2, 0) is 0 Å². The van der Waals surface area contributed by atoms with E-state index in [2.05, 4.69) is 16.6 Å². The smallest absolute Gasteiger partial charge is 0.295 e. The Bertz CT molecular complexity index is 560. The molecule has 1 saturated carbocycles. The first kappa shape index (κ1) is 11.8. The van der Waals surface area contributed by atoms with Crippen LogP contribution >= 0.6 is 11.8 Å². The second-order valence-corrected chi connectivity index (χ2v) is 6.00. The lowest BCUT2D eigenvalue weighted by Gasteiger charge is -2.40. The first-order valence-electron chi connectivity index (χ1n) is 6.06. The van der Waals surface area contributed by atoms with E-state index >= 15 is 0 Å². The monoisotopic (exact) mass is 266 g/mol. The van der Waals surface area contributed by atoms with E-state index in [0.29, 0.717) is 21.9 Å². The van der Waals surface area contributed by atoms with Gasteiger partial charge in [-0.25, -0.2) is 4.39 Å². The quantitative estimate of drug-likeness (QED) is 0.916. The molecular formula is C13H15FN2OS. The van der Waals surface area contributed by atoms with E-state index in [0.717, 1.165) is 6.54 Å². The number of nitrogens with one attached hydrogen (secondary N) is 1. The van der Waals surface area contributed by atoms with Gasteiger partial charge in [-0.3, -0.25) is 0 Å². The predicted octanol–water partition coefficient (Wildman–Crippen LogP) is 3.66. The van der Waals surface area contributed by atoms with Gasteiger partial charge < -0.3 is 9.73 Å². The Morgan fingerprint density at radius 1 is 1.50 bits per heavy atom. The molecule has 0 spiro atoms. The Morgan fingerprint density at radius 3 is 3.00 bits per heavy atom. The van der Waals surface area contributed by atoms with Gasteiger partial charge in [0.1, 0.15) is 11.3 Å². The van der Waals surface area contributed by atoms with Crippen LogP contribution in [0.2, 0.25) is 0 Å². The summed E-state index contributed by atoms with van der Waals surface area (Å²) in [7, 11) is 0. The molecule has 3 rings (SSSR count). The van der Waals surface area contributed by atoms with Crippen molar-refractivity contribution in [3.8, 4) is 0 Å². The normalized spacial score (nSPS) is 17.7. The topological polar surface area (TPSA) is 38.1 Å². The van der Waals surface area contributed by atoms with Gasteiger partial charge in [-0.15, -0.1) is 0 Å². The number of thioether (sulfide) groups is 1. The third kappa shape index (κ3) is 2.07. The minimum absolute atomic E-state index is 0.290. The highest BCUT2D eigenvalue weighted by atomic mass is 32.2. The van der Waals surface area contributed by atoms with E-state index < -0.39 is 0 Å².